The number of amides is 1. The van der Waals surface area contributed by atoms with Crippen LogP contribution in [0.15, 0.2) is 36.4 Å². The Labute approximate surface area is 238 Å². The van der Waals surface area contributed by atoms with Gasteiger partial charge in [0.15, 0.2) is 11.8 Å². The van der Waals surface area contributed by atoms with Gasteiger partial charge in [0.05, 0.1) is 25.4 Å². The van der Waals surface area contributed by atoms with Crippen molar-refractivity contribution in [3.8, 4) is 0 Å². The Hall–Kier alpha value is -2.38. The number of benzene rings is 1. The Bertz CT molecular complexity index is 1160. The zero-order chi connectivity index (χ0) is 28.9. The van der Waals surface area contributed by atoms with Crippen molar-refractivity contribution in [2.75, 3.05) is 13.2 Å². The van der Waals surface area contributed by atoms with Crippen molar-refractivity contribution >= 4 is 18.0 Å². The molecule has 41 heavy (non-hydrogen) atoms. The summed E-state index contributed by atoms with van der Waals surface area (Å²) in [5.74, 6) is -2.21. The summed E-state index contributed by atoms with van der Waals surface area (Å²) < 4.78 is 30.5. The summed E-state index contributed by atoms with van der Waals surface area (Å²) in [5.41, 5.74) is 0.267. The molecule has 1 amide bonds. The molecule has 12 unspecified atom stereocenters. The molecule has 224 valence electrons. The van der Waals surface area contributed by atoms with Gasteiger partial charge in [0.2, 0.25) is 11.7 Å². The lowest BCUT2D eigenvalue weighted by atomic mass is 9.72. The van der Waals surface area contributed by atoms with E-state index in [-0.39, 0.29) is 23.8 Å². The highest BCUT2D eigenvalue weighted by molar-refractivity contribution is 5.87. The summed E-state index contributed by atoms with van der Waals surface area (Å²) in [6, 6.07) is 9.53. The number of carbonyl (C=O) groups is 2. The van der Waals surface area contributed by atoms with Crippen LogP contribution >= 0.6 is 0 Å². The number of aliphatic hydroxyl groups is 3. The number of epoxide rings is 1. The molecule has 4 heterocycles. The quantitative estimate of drug-likeness (QED) is 0.227. The summed E-state index contributed by atoms with van der Waals surface area (Å²) >= 11 is 0. The summed E-state index contributed by atoms with van der Waals surface area (Å²) in [4.78, 5) is 25.9. The van der Waals surface area contributed by atoms with Crippen molar-refractivity contribution in [3.05, 3.63) is 42.0 Å². The van der Waals surface area contributed by atoms with Crippen LogP contribution in [-0.2, 0) is 33.3 Å². The maximum atomic E-state index is 13.2. The Morgan fingerprint density at radius 3 is 2.54 bits per heavy atom. The first-order valence-electron chi connectivity index (χ1n) is 14.5. The molecular weight excluding hydrogens is 534 g/mol. The van der Waals surface area contributed by atoms with Crippen LogP contribution in [0.5, 0.6) is 0 Å². The topological polar surface area (TPSA) is 156 Å². The Kier molecular flexibility index (Phi) is 7.73. The molecule has 1 aromatic carbocycles. The lowest BCUT2D eigenvalue weighted by Crippen LogP contribution is -2.62. The third-order valence-corrected chi connectivity index (χ3v) is 9.50. The zero-order valence-corrected chi connectivity index (χ0v) is 23.3. The molecule has 5 aliphatic rings. The van der Waals surface area contributed by atoms with Crippen molar-refractivity contribution in [2.24, 2.45) is 17.8 Å². The van der Waals surface area contributed by atoms with Gasteiger partial charge in [-0.2, -0.15) is 0 Å². The number of hydrogen-bond acceptors (Lipinski definition) is 10. The van der Waals surface area contributed by atoms with Crippen LogP contribution in [0.3, 0.4) is 0 Å². The third kappa shape index (κ3) is 5.22. The van der Waals surface area contributed by atoms with Crippen LogP contribution in [0.2, 0.25) is 0 Å². The van der Waals surface area contributed by atoms with Gasteiger partial charge >= 0.3 is 5.97 Å². The highest BCUT2D eigenvalue weighted by Gasteiger charge is 2.76. The fourth-order valence-corrected chi connectivity index (χ4v) is 6.95. The minimum atomic E-state index is -1.45. The van der Waals surface area contributed by atoms with Gasteiger partial charge in [0.25, 0.3) is 0 Å². The van der Waals surface area contributed by atoms with Crippen LogP contribution in [-0.4, -0.2) is 94.6 Å². The van der Waals surface area contributed by atoms with Gasteiger partial charge in [0.1, 0.15) is 24.4 Å². The predicted octanol–water partition coefficient (Wildman–Crippen LogP) is 0.892. The molecule has 4 aliphatic heterocycles. The van der Waals surface area contributed by atoms with E-state index in [1.54, 1.807) is 13.0 Å². The maximum absolute atomic E-state index is 13.2. The molecule has 1 saturated carbocycles. The first kappa shape index (κ1) is 28.7. The Balaban J connectivity index is 1.10. The van der Waals surface area contributed by atoms with Gasteiger partial charge in [-0.3, -0.25) is 4.79 Å². The Morgan fingerprint density at radius 2 is 1.80 bits per heavy atom. The Morgan fingerprint density at radius 1 is 1.05 bits per heavy atom. The lowest BCUT2D eigenvalue weighted by Gasteiger charge is -2.42. The standard InChI is InChI=1S/C30H39NO10/c1-16-14-37-30(13-22(16)40-23(32)11-8-18-6-4-3-5-7-18)29(15-38-29)20-10-9-19(12-21(20)41-30)27(36)31-28-26(35)25(34)24(33)17(2)39-28/h3-8,11,16-17,19-22,24-26,28,33-35H,9-10,12-15H2,1-2H3,(H,31,36). The smallest absolute Gasteiger partial charge is 0.331 e. The second kappa shape index (κ2) is 11.0. The third-order valence-electron chi connectivity index (χ3n) is 9.50. The number of hydrogen-bond donors (Lipinski definition) is 4. The van der Waals surface area contributed by atoms with E-state index in [9.17, 15) is 24.9 Å². The van der Waals surface area contributed by atoms with Crippen LogP contribution in [0.1, 0.15) is 45.1 Å². The van der Waals surface area contributed by atoms with E-state index in [4.69, 9.17) is 23.7 Å². The largest absolute Gasteiger partial charge is 0.459 e. The average Bonchev–Trinajstić information content (AvgIpc) is 3.74. The minimum absolute atomic E-state index is 0.0304. The fourth-order valence-electron chi connectivity index (χ4n) is 6.95. The van der Waals surface area contributed by atoms with Crippen LogP contribution in [0.4, 0.5) is 0 Å². The SMILES string of the molecule is CC1COC2(CC1OC(=O)C=Cc1ccccc1)OC1CC(C(=O)NC3OC(C)C(O)C(O)C3O)CCC1C21CO1. The van der Waals surface area contributed by atoms with E-state index in [0.29, 0.717) is 38.9 Å². The van der Waals surface area contributed by atoms with Crippen molar-refractivity contribution in [1.82, 2.24) is 5.32 Å². The van der Waals surface area contributed by atoms with Crippen molar-refractivity contribution in [3.63, 3.8) is 0 Å². The van der Waals surface area contributed by atoms with Gasteiger partial charge in [-0.25, -0.2) is 4.79 Å². The van der Waals surface area contributed by atoms with Crippen molar-refractivity contribution < 1.29 is 48.6 Å². The van der Waals surface area contributed by atoms with E-state index < -0.39 is 60.0 Å². The first-order valence-corrected chi connectivity index (χ1v) is 14.5. The molecule has 5 fully saturated rings. The molecular formula is C30H39NO10. The molecule has 12 atom stereocenters. The molecule has 6 rings (SSSR count). The lowest BCUT2D eigenvalue weighted by molar-refractivity contribution is -0.293. The predicted molar refractivity (Wildman–Crippen MR) is 143 cm³/mol. The minimum Gasteiger partial charge on any atom is -0.459 e. The highest BCUT2D eigenvalue weighted by atomic mass is 16.8. The maximum Gasteiger partial charge on any atom is 0.331 e. The van der Waals surface area contributed by atoms with Crippen molar-refractivity contribution in [2.45, 2.75) is 93.8 Å². The van der Waals surface area contributed by atoms with Gasteiger partial charge in [0, 0.05) is 30.3 Å². The molecule has 2 spiro atoms. The van der Waals surface area contributed by atoms with Crippen molar-refractivity contribution in [1.29, 1.82) is 0 Å². The average molecular weight is 574 g/mol. The molecule has 1 aromatic rings. The second-order valence-corrected chi connectivity index (χ2v) is 12.2. The van der Waals surface area contributed by atoms with E-state index in [0.717, 1.165) is 5.56 Å². The number of ether oxygens (including phenoxy) is 5. The number of aliphatic hydroxyl groups excluding tert-OH is 3. The normalized spacial score (nSPS) is 45.5. The van der Waals surface area contributed by atoms with Crippen LogP contribution < -0.4 is 5.32 Å². The van der Waals surface area contributed by atoms with Gasteiger partial charge in [-0.1, -0.05) is 37.3 Å². The number of nitrogens with one attached hydrogen (secondary N) is 1. The molecule has 0 radical (unpaired) electrons. The van der Waals surface area contributed by atoms with Crippen LogP contribution in [0, 0.1) is 17.8 Å². The van der Waals surface area contributed by atoms with E-state index in [2.05, 4.69) is 5.32 Å². The van der Waals surface area contributed by atoms with Gasteiger partial charge in [-0.05, 0) is 37.8 Å². The van der Waals surface area contributed by atoms with Gasteiger partial charge < -0.3 is 44.3 Å². The summed E-state index contributed by atoms with van der Waals surface area (Å²) in [6.07, 6.45) is -1.54. The summed E-state index contributed by atoms with van der Waals surface area (Å²) in [6.45, 7) is 4.37. The number of esters is 1. The number of rotatable bonds is 5. The molecule has 1 aliphatic carbocycles. The summed E-state index contributed by atoms with van der Waals surface area (Å²) in [7, 11) is 0. The number of fused-ring (bicyclic) bond motifs is 3. The molecule has 4 N–H and O–H groups in total. The molecule has 0 bridgehead atoms. The molecule has 0 aromatic heterocycles. The van der Waals surface area contributed by atoms with E-state index >= 15 is 0 Å². The summed E-state index contributed by atoms with van der Waals surface area (Å²) in [5, 5.41) is 33.1. The monoisotopic (exact) mass is 573 g/mol. The van der Waals surface area contributed by atoms with E-state index in [1.165, 1.54) is 6.08 Å². The first-order chi connectivity index (χ1) is 19.6. The van der Waals surface area contributed by atoms with Gasteiger partial charge in [-0.15, -0.1) is 0 Å². The fraction of sp³-hybridized carbons (Fsp3) is 0.667. The van der Waals surface area contributed by atoms with E-state index in [1.807, 2.05) is 37.3 Å². The highest BCUT2D eigenvalue weighted by Crippen LogP contribution is 2.62. The molecule has 11 nitrogen and oxygen atoms in total. The second-order valence-electron chi connectivity index (χ2n) is 12.2. The zero-order valence-electron chi connectivity index (χ0n) is 23.3. The molecule has 11 heteroatoms. The molecule has 4 saturated heterocycles. The van der Waals surface area contributed by atoms with Crippen LogP contribution in [0.25, 0.3) is 6.08 Å². The number of carbonyl (C=O) groups excluding carboxylic acids is 2.